The van der Waals surface area contributed by atoms with Crippen LogP contribution in [0.3, 0.4) is 0 Å². The normalized spacial score (nSPS) is 22.5. The molecule has 0 radical (unpaired) electrons. The number of nitrogens with one attached hydrogen (secondary N) is 2. The van der Waals surface area contributed by atoms with Crippen LogP contribution >= 0.6 is 0 Å². The highest BCUT2D eigenvalue weighted by molar-refractivity contribution is 6.04. The van der Waals surface area contributed by atoms with Gasteiger partial charge in [-0.15, -0.1) is 0 Å². The lowest BCUT2D eigenvalue weighted by Crippen LogP contribution is -2.50. The van der Waals surface area contributed by atoms with Gasteiger partial charge in [-0.1, -0.05) is 18.2 Å². The third-order valence-corrected chi connectivity index (χ3v) is 9.45. The summed E-state index contributed by atoms with van der Waals surface area (Å²) in [7, 11) is 3.80. The van der Waals surface area contributed by atoms with Crippen molar-refractivity contribution in [3.05, 3.63) is 83.0 Å². The number of aromatic nitrogens is 1. The van der Waals surface area contributed by atoms with Crippen LogP contribution in [-0.4, -0.2) is 67.1 Å². The maximum Gasteiger partial charge on any atom is 0.257 e. The van der Waals surface area contributed by atoms with Gasteiger partial charge in [0.2, 0.25) is 0 Å². The SMILES string of the molecule is COc1cccc(C(=O)N[C@H]2C[C@H]3CC[C@@H](C2)N3c2ccc(C(=O)Nc3ccc(C4CCN(C)CC4)cc3)cn2)c1C. The van der Waals surface area contributed by atoms with Gasteiger partial charge in [0.15, 0.2) is 0 Å². The van der Waals surface area contributed by atoms with Crippen LogP contribution in [0, 0.1) is 6.92 Å². The number of rotatable bonds is 7. The molecule has 3 fully saturated rings. The van der Waals surface area contributed by atoms with Crippen molar-refractivity contribution in [1.82, 2.24) is 15.2 Å². The molecule has 220 valence electrons. The zero-order valence-electron chi connectivity index (χ0n) is 24.8. The molecule has 0 unspecified atom stereocenters. The minimum Gasteiger partial charge on any atom is -0.496 e. The van der Waals surface area contributed by atoms with E-state index in [0.717, 1.165) is 61.6 Å². The highest BCUT2D eigenvalue weighted by Crippen LogP contribution is 2.39. The van der Waals surface area contributed by atoms with Crippen LogP contribution in [0.2, 0.25) is 0 Å². The van der Waals surface area contributed by atoms with Crippen LogP contribution < -0.4 is 20.3 Å². The molecule has 2 aromatic carbocycles. The fourth-order valence-electron chi connectivity index (χ4n) is 7.07. The number of benzene rings is 2. The van der Waals surface area contributed by atoms with E-state index >= 15 is 0 Å². The van der Waals surface area contributed by atoms with Gasteiger partial charge in [-0.2, -0.15) is 0 Å². The zero-order valence-corrected chi connectivity index (χ0v) is 24.8. The number of ether oxygens (including phenoxy) is 1. The standard InChI is InChI=1S/C34H41N5O3/c1-22-30(5-4-6-31(22)42-3)34(41)37-27-19-28-12-13-29(20-27)39(28)32-14-9-25(21-35-32)33(40)36-26-10-7-23(8-11-26)24-15-17-38(2)18-16-24/h4-11,14,21,24,27-29H,12-13,15-20H2,1-3H3,(H,36,40)(H,37,41)/t27-,28+,29-. The molecule has 0 saturated carbocycles. The van der Waals surface area contributed by atoms with Crippen LogP contribution in [0.4, 0.5) is 11.5 Å². The maximum atomic E-state index is 13.1. The predicted octanol–water partition coefficient (Wildman–Crippen LogP) is 5.39. The van der Waals surface area contributed by atoms with Crippen molar-refractivity contribution in [3.8, 4) is 5.75 Å². The molecule has 8 heteroatoms. The summed E-state index contributed by atoms with van der Waals surface area (Å²) in [5, 5.41) is 6.30. The molecule has 3 saturated heterocycles. The molecule has 3 aliphatic rings. The first-order valence-corrected chi connectivity index (χ1v) is 15.2. The summed E-state index contributed by atoms with van der Waals surface area (Å²) in [6, 6.07) is 18.5. The number of amides is 2. The molecule has 0 aliphatic carbocycles. The fourth-order valence-corrected chi connectivity index (χ4v) is 7.07. The molecular weight excluding hydrogens is 526 g/mol. The number of carbonyl (C=O) groups excluding carboxylic acids is 2. The largest absolute Gasteiger partial charge is 0.496 e. The topological polar surface area (TPSA) is 86.8 Å². The van der Waals surface area contributed by atoms with E-state index in [0.29, 0.717) is 29.1 Å². The second-order valence-electron chi connectivity index (χ2n) is 12.1. The van der Waals surface area contributed by atoms with Crippen LogP contribution in [0.5, 0.6) is 5.75 Å². The smallest absolute Gasteiger partial charge is 0.257 e. The van der Waals surface area contributed by atoms with E-state index in [1.807, 2.05) is 49.4 Å². The fraction of sp³-hybridized carbons (Fsp3) is 0.441. The van der Waals surface area contributed by atoms with Crippen molar-refractivity contribution < 1.29 is 14.3 Å². The zero-order chi connectivity index (χ0) is 29.2. The first-order valence-electron chi connectivity index (χ1n) is 15.2. The molecule has 2 bridgehead atoms. The average molecular weight is 568 g/mol. The number of fused-ring (bicyclic) bond motifs is 2. The van der Waals surface area contributed by atoms with Crippen LogP contribution in [0.25, 0.3) is 0 Å². The Hall–Kier alpha value is -3.91. The molecule has 42 heavy (non-hydrogen) atoms. The summed E-state index contributed by atoms with van der Waals surface area (Å²) < 4.78 is 5.39. The van der Waals surface area contributed by atoms with Crippen molar-refractivity contribution in [1.29, 1.82) is 0 Å². The van der Waals surface area contributed by atoms with Crippen molar-refractivity contribution in [2.75, 3.05) is 37.5 Å². The molecular formula is C34H41N5O3. The Kier molecular flexibility index (Phi) is 8.16. The average Bonchev–Trinajstić information content (AvgIpc) is 3.27. The number of carbonyl (C=O) groups is 2. The minimum atomic E-state index is -0.154. The number of pyridine rings is 1. The van der Waals surface area contributed by atoms with Gasteiger partial charge < -0.3 is 25.2 Å². The summed E-state index contributed by atoms with van der Waals surface area (Å²) in [4.78, 5) is 35.5. The molecule has 1 aromatic heterocycles. The Morgan fingerprint density at radius 3 is 2.26 bits per heavy atom. The molecule has 2 N–H and O–H groups in total. The van der Waals surface area contributed by atoms with Crippen molar-refractivity contribution in [2.45, 2.75) is 69.5 Å². The molecule has 6 rings (SSSR count). The predicted molar refractivity (Wildman–Crippen MR) is 166 cm³/mol. The monoisotopic (exact) mass is 567 g/mol. The second-order valence-corrected chi connectivity index (χ2v) is 12.1. The number of hydrogen-bond donors (Lipinski definition) is 2. The number of hydrogen-bond acceptors (Lipinski definition) is 6. The van der Waals surface area contributed by atoms with Crippen molar-refractivity contribution in [3.63, 3.8) is 0 Å². The van der Waals surface area contributed by atoms with E-state index in [1.165, 1.54) is 18.4 Å². The van der Waals surface area contributed by atoms with E-state index in [4.69, 9.17) is 9.72 Å². The number of piperidine rings is 2. The van der Waals surface area contributed by atoms with Gasteiger partial charge in [-0.25, -0.2) is 4.98 Å². The lowest BCUT2D eigenvalue weighted by molar-refractivity contribution is 0.0925. The third-order valence-electron chi connectivity index (χ3n) is 9.45. The van der Waals surface area contributed by atoms with Gasteiger partial charge in [0.1, 0.15) is 11.6 Å². The van der Waals surface area contributed by atoms with Crippen molar-refractivity contribution in [2.24, 2.45) is 0 Å². The Morgan fingerprint density at radius 1 is 0.905 bits per heavy atom. The number of anilines is 2. The van der Waals surface area contributed by atoms with Crippen LogP contribution in [-0.2, 0) is 0 Å². The van der Waals surface area contributed by atoms with E-state index in [1.54, 1.807) is 13.3 Å². The summed E-state index contributed by atoms with van der Waals surface area (Å²) >= 11 is 0. The third kappa shape index (κ3) is 5.86. The first kappa shape index (κ1) is 28.2. The Balaban J connectivity index is 1.05. The molecule has 3 aromatic rings. The van der Waals surface area contributed by atoms with Gasteiger partial charge in [0.25, 0.3) is 11.8 Å². The number of likely N-dealkylation sites (tertiary alicyclic amines) is 1. The summed E-state index contributed by atoms with van der Waals surface area (Å²) in [5.74, 6) is 2.01. The van der Waals surface area contributed by atoms with Gasteiger partial charge in [-0.3, -0.25) is 9.59 Å². The van der Waals surface area contributed by atoms with E-state index in [-0.39, 0.29) is 17.9 Å². The van der Waals surface area contributed by atoms with Gasteiger partial charge in [0.05, 0.1) is 12.7 Å². The molecule has 3 aliphatic heterocycles. The quantitative estimate of drug-likeness (QED) is 0.398. The second kappa shape index (κ2) is 12.1. The molecule has 3 atom stereocenters. The summed E-state index contributed by atoms with van der Waals surface area (Å²) in [6.45, 7) is 4.18. The molecule has 2 amide bonds. The summed E-state index contributed by atoms with van der Waals surface area (Å²) in [5.41, 5.74) is 4.21. The lowest BCUT2D eigenvalue weighted by Gasteiger charge is -2.40. The molecule has 4 heterocycles. The number of nitrogens with zero attached hydrogens (tertiary/aromatic N) is 3. The Morgan fingerprint density at radius 2 is 1.62 bits per heavy atom. The maximum absolute atomic E-state index is 13.1. The summed E-state index contributed by atoms with van der Waals surface area (Å²) in [6.07, 6.45) is 7.94. The van der Waals surface area contributed by atoms with Gasteiger partial charge in [-0.05, 0) is 113 Å². The molecule has 0 spiro atoms. The number of methoxy groups -OCH3 is 1. The Labute approximate surface area is 248 Å². The van der Waals surface area contributed by atoms with E-state index in [2.05, 4.69) is 39.6 Å². The minimum absolute atomic E-state index is 0.0470. The highest BCUT2D eigenvalue weighted by Gasteiger charge is 2.42. The van der Waals surface area contributed by atoms with Crippen LogP contribution in [0.15, 0.2) is 60.8 Å². The van der Waals surface area contributed by atoms with E-state index in [9.17, 15) is 9.59 Å². The first-order chi connectivity index (χ1) is 20.4. The Bertz CT molecular complexity index is 1400. The lowest BCUT2D eigenvalue weighted by atomic mass is 9.89. The van der Waals surface area contributed by atoms with Gasteiger partial charge >= 0.3 is 0 Å². The van der Waals surface area contributed by atoms with E-state index < -0.39 is 0 Å². The highest BCUT2D eigenvalue weighted by atomic mass is 16.5. The van der Waals surface area contributed by atoms with Crippen molar-refractivity contribution >= 4 is 23.3 Å². The van der Waals surface area contributed by atoms with Crippen LogP contribution in [0.1, 0.15) is 76.3 Å². The van der Waals surface area contributed by atoms with Gasteiger partial charge in [0, 0.05) is 41.1 Å². The molecule has 8 nitrogen and oxygen atoms in total.